The average Bonchev–Trinajstić information content (AvgIpc) is 0. The summed E-state index contributed by atoms with van der Waals surface area (Å²) >= 11 is 0. The van der Waals surface area contributed by atoms with Crippen LogP contribution < -0.4 is 18.9 Å². The second-order valence-electron chi connectivity index (χ2n) is 0. The molecule has 0 aliphatic heterocycles. The largest absolute Gasteiger partial charge is 3.00 e. The summed E-state index contributed by atoms with van der Waals surface area (Å²) in [5.74, 6) is 0. The van der Waals surface area contributed by atoms with Crippen LogP contribution in [0.1, 0.15) is 0 Å². The third-order valence-corrected chi connectivity index (χ3v) is 0. The van der Waals surface area contributed by atoms with Gasteiger partial charge in [0.05, 0.1) is 0 Å². The molecule has 0 radical (unpaired) electrons. The van der Waals surface area contributed by atoms with Crippen LogP contribution >= 0.6 is 0 Å². The van der Waals surface area contributed by atoms with E-state index < -0.39 is 0 Å². The molecule has 0 saturated carbocycles. The molecule has 0 aliphatic rings. The maximum absolute atomic E-state index is 0. The van der Waals surface area contributed by atoms with Gasteiger partial charge in [-0.05, 0) is 0 Å². The minimum absolute atomic E-state index is 0. The molecule has 0 aliphatic carbocycles. The Morgan fingerprint density at radius 1 is 0.500 bits per heavy atom. The predicted molar refractivity (Wildman–Crippen MR) is 31.4 cm³/mol. The Labute approximate surface area is 66.0 Å². The van der Waals surface area contributed by atoms with Gasteiger partial charge in [-0.1, -0.05) is 0 Å². The smallest absolute Gasteiger partial charge is 0.358 e. The molecule has 0 N–H and O–H groups in total. The van der Waals surface area contributed by atoms with Crippen LogP contribution in [0.25, 0.3) is 0 Å². The number of hydrogen-bond donors (Lipinski definition) is 0. The SMILES string of the molecule is [Al+3].[CH3-].[CH3-].[CH3-].[CH3-].[Li+]. The zero-order valence-corrected chi connectivity index (χ0v) is 6.73. The van der Waals surface area contributed by atoms with Crippen LogP contribution in [0.4, 0.5) is 0 Å². The fourth-order valence-corrected chi connectivity index (χ4v) is 0. The van der Waals surface area contributed by atoms with Gasteiger partial charge >= 0.3 is 36.2 Å². The molecule has 2 heteroatoms. The Hall–Kier alpha value is 1.13. The van der Waals surface area contributed by atoms with Crippen LogP contribution in [-0.2, 0) is 0 Å². The van der Waals surface area contributed by atoms with Gasteiger partial charge < -0.3 is 29.7 Å². The average molecular weight is 94.1 g/mol. The quantitative estimate of drug-likeness (QED) is 0.251. The van der Waals surface area contributed by atoms with Gasteiger partial charge in [0.15, 0.2) is 0 Å². The molecule has 32 valence electrons. The van der Waals surface area contributed by atoms with Crippen LogP contribution in [0, 0.1) is 29.7 Å². The molecular formula is C4H12AlLi. The monoisotopic (exact) mass is 94.1 g/mol. The molecule has 0 nitrogen and oxygen atoms in total. The minimum atomic E-state index is 0. The van der Waals surface area contributed by atoms with Crippen molar-refractivity contribution in [2.45, 2.75) is 0 Å². The molecule has 0 saturated heterocycles. The van der Waals surface area contributed by atoms with Crippen LogP contribution in [-0.4, -0.2) is 17.4 Å². The van der Waals surface area contributed by atoms with E-state index >= 15 is 0 Å². The van der Waals surface area contributed by atoms with Crippen LogP contribution in [0.5, 0.6) is 0 Å². The van der Waals surface area contributed by atoms with E-state index in [2.05, 4.69) is 0 Å². The zero-order chi connectivity index (χ0) is 0. The summed E-state index contributed by atoms with van der Waals surface area (Å²) in [6.45, 7) is 0. The molecule has 0 aromatic carbocycles. The molecule has 0 fully saturated rings. The number of rotatable bonds is 0. The van der Waals surface area contributed by atoms with Crippen molar-refractivity contribution in [3.63, 3.8) is 0 Å². The topological polar surface area (TPSA) is 0 Å². The van der Waals surface area contributed by atoms with Gasteiger partial charge in [0, 0.05) is 0 Å². The Morgan fingerprint density at radius 3 is 0.500 bits per heavy atom. The third kappa shape index (κ3) is 68.5. The van der Waals surface area contributed by atoms with E-state index in [0.717, 1.165) is 0 Å². The van der Waals surface area contributed by atoms with E-state index in [1.807, 2.05) is 0 Å². The maximum Gasteiger partial charge on any atom is 3.00 e. The zero-order valence-electron chi connectivity index (χ0n) is 5.58. The molecule has 0 atom stereocenters. The summed E-state index contributed by atoms with van der Waals surface area (Å²) in [4.78, 5) is 0. The molecule has 0 aromatic heterocycles. The fraction of sp³-hybridized carbons (Fsp3) is 0. The van der Waals surface area contributed by atoms with E-state index in [4.69, 9.17) is 0 Å². The molecular weight excluding hydrogens is 82.0 g/mol. The minimum Gasteiger partial charge on any atom is -0.358 e. The van der Waals surface area contributed by atoms with Crippen molar-refractivity contribution in [2.75, 3.05) is 0 Å². The van der Waals surface area contributed by atoms with E-state index in [1.165, 1.54) is 0 Å². The first-order valence-electron chi connectivity index (χ1n) is 0. The molecule has 6 heavy (non-hydrogen) atoms. The van der Waals surface area contributed by atoms with Crippen molar-refractivity contribution in [3.05, 3.63) is 29.7 Å². The van der Waals surface area contributed by atoms with Crippen LogP contribution in [0.15, 0.2) is 0 Å². The maximum atomic E-state index is 0. The summed E-state index contributed by atoms with van der Waals surface area (Å²) in [6.07, 6.45) is 0. The molecule has 0 heterocycles. The van der Waals surface area contributed by atoms with E-state index in [-0.39, 0.29) is 65.9 Å². The summed E-state index contributed by atoms with van der Waals surface area (Å²) in [6, 6.07) is 0. The summed E-state index contributed by atoms with van der Waals surface area (Å²) in [7, 11) is 0. The first-order chi connectivity index (χ1) is 0. The Bertz CT molecular complexity index is 7.51. The molecule has 0 rings (SSSR count). The molecule has 0 unspecified atom stereocenters. The molecule has 0 aromatic rings. The summed E-state index contributed by atoms with van der Waals surface area (Å²) < 4.78 is 0. The predicted octanol–water partition coefficient (Wildman–Crippen LogP) is -1.58. The summed E-state index contributed by atoms with van der Waals surface area (Å²) in [5.41, 5.74) is 0. The second kappa shape index (κ2) is 126. The van der Waals surface area contributed by atoms with Gasteiger partial charge in [-0.25, -0.2) is 0 Å². The Morgan fingerprint density at radius 2 is 0.500 bits per heavy atom. The Kier molecular flexibility index (Phi) is 4420. The third-order valence-electron chi connectivity index (χ3n) is 0. The van der Waals surface area contributed by atoms with Gasteiger partial charge in [0.25, 0.3) is 0 Å². The van der Waals surface area contributed by atoms with Crippen molar-refractivity contribution < 1.29 is 18.9 Å². The number of hydrogen-bond acceptors (Lipinski definition) is 0. The normalized spacial score (nSPS) is 0. The van der Waals surface area contributed by atoms with E-state index in [9.17, 15) is 0 Å². The standard InChI is InChI=1S/4CH3.Al.Li/h4*1H3;;/q4*-1;+3;+1. The fourth-order valence-electron chi connectivity index (χ4n) is 0. The van der Waals surface area contributed by atoms with Gasteiger partial charge in [0.1, 0.15) is 0 Å². The molecule has 0 amide bonds. The van der Waals surface area contributed by atoms with Crippen molar-refractivity contribution in [3.8, 4) is 0 Å². The first kappa shape index (κ1) is 210. The van der Waals surface area contributed by atoms with Gasteiger partial charge in [0.2, 0.25) is 0 Å². The van der Waals surface area contributed by atoms with Crippen molar-refractivity contribution in [2.24, 2.45) is 0 Å². The van der Waals surface area contributed by atoms with Crippen LogP contribution in [0.2, 0.25) is 0 Å². The van der Waals surface area contributed by atoms with Gasteiger partial charge in [-0.3, -0.25) is 0 Å². The molecule has 0 bridgehead atoms. The van der Waals surface area contributed by atoms with Crippen molar-refractivity contribution in [1.29, 1.82) is 0 Å². The second-order valence-corrected chi connectivity index (χ2v) is 0. The van der Waals surface area contributed by atoms with Gasteiger partial charge in [-0.2, -0.15) is 0 Å². The molecule has 0 spiro atoms. The van der Waals surface area contributed by atoms with Crippen molar-refractivity contribution >= 4 is 17.4 Å². The Balaban J connectivity index is 0. The first-order valence-corrected chi connectivity index (χ1v) is 0. The van der Waals surface area contributed by atoms with Crippen molar-refractivity contribution in [1.82, 2.24) is 0 Å². The van der Waals surface area contributed by atoms with Crippen LogP contribution in [0.3, 0.4) is 0 Å². The van der Waals surface area contributed by atoms with E-state index in [0.29, 0.717) is 0 Å². The van der Waals surface area contributed by atoms with Gasteiger partial charge in [-0.15, -0.1) is 0 Å². The van der Waals surface area contributed by atoms with E-state index in [1.54, 1.807) is 0 Å². The summed E-state index contributed by atoms with van der Waals surface area (Å²) in [5, 5.41) is 0.